The van der Waals surface area contributed by atoms with Gasteiger partial charge in [-0.05, 0) is 31.9 Å². The minimum Gasteiger partial charge on any atom is -0.389 e. The van der Waals surface area contributed by atoms with E-state index in [1.165, 1.54) is 5.56 Å². The van der Waals surface area contributed by atoms with Crippen LogP contribution < -0.4 is 0 Å². The van der Waals surface area contributed by atoms with Crippen LogP contribution in [-0.2, 0) is 6.42 Å². The molecule has 1 saturated heterocycles. The van der Waals surface area contributed by atoms with Crippen LogP contribution in [0.1, 0.15) is 39.2 Å². The molecule has 2 rings (SSSR count). The van der Waals surface area contributed by atoms with E-state index in [-0.39, 0.29) is 17.8 Å². The Kier molecular flexibility index (Phi) is 5.65. The van der Waals surface area contributed by atoms with Gasteiger partial charge in [-0.1, -0.05) is 51.1 Å². The van der Waals surface area contributed by atoms with E-state index in [2.05, 4.69) is 63.1 Å². The molecular weight excluding hydrogens is 270 g/mol. The zero-order valence-corrected chi connectivity index (χ0v) is 13.9. The Morgan fingerprint density at radius 1 is 1.25 bits per heavy atom. The van der Waals surface area contributed by atoms with Gasteiger partial charge in [0.2, 0.25) is 0 Å². The van der Waals surface area contributed by atoms with Crippen LogP contribution in [0.4, 0.5) is 0 Å². The van der Waals surface area contributed by atoms with Gasteiger partial charge in [-0.3, -0.25) is 0 Å². The summed E-state index contributed by atoms with van der Waals surface area (Å²) in [7, 11) is 2.19. The molecule has 0 amide bonds. The fraction of sp³-hybridized carbons (Fsp3) is 0.647. The van der Waals surface area contributed by atoms with E-state index in [1.54, 1.807) is 0 Å². The molecule has 1 aromatic rings. The quantitative estimate of drug-likeness (QED) is 0.923. The van der Waals surface area contributed by atoms with Crippen molar-refractivity contribution in [3.8, 4) is 0 Å². The molecule has 2 unspecified atom stereocenters. The van der Waals surface area contributed by atoms with Gasteiger partial charge in [-0.25, -0.2) is 0 Å². The average molecular weight is 298 g/mol. The van der Waals surface area contributed by atoms with Crippen LogP contribution in [0.5, 0.6) is 0 Å². The monoisotopic (exact) mass is 297 g/mol. The summed E-state index contributed by atoms with van der Waals surface area (Å²) in [6.45, 7) is 7.53. The number of rotatable bonds is 3. The summed E-state index contributed by atoms with van der Waals surface area (Å²) in [4.78, 5) is 2.41. The van der Waals surface area contributed by atoms with E-state index in [4.69, 9.17) is 0 Å². The van der Waals surface area contributed by atoms with E-state index >= 15 is 0 Å². The SMILES string of the molecule is CCC1(O)CCN(C)C(Cc2ccccc2)C1(C)C.Cl. The highest BCUT2D eigenvalue weighted by atomic mass is 35.5. The highest BCUT2D eigenvalue weighted by Gasteiger charge is 2.51. The lowest BCUT2D eigenvalue weighted by Gasteiger charge is -2.55. The van der Waals surface area contributed by atoms with E-state index in [1.807, 2.05) is 0 Å². The molecule has 0 radical (unpaired) electrons. The standard InChI is InChI=1S/C17H27NO.ClH/c1-5-17(19)11-12-18(4)15(16(17,2)3)13-14-9-7-6-8-10-14;/h6-10,15,19H,5,11-13H2,1-4H3;1H. The lowest BCUT2D eigenvalue weighted by Crippen LogP contribution is -2.62. The van der Waals surface area contributed by atoms with Crippen LogP contribution >= 0.6 is 12.4 Å². The number of benzene rings is 1. The Morgan fingerprint density at radius 3 is 2.40 bits per heavy atom. The van der Waals surface area contributed by atoms with Crippen LogP contribution in [0, 0.1) is 5.41 Å². The van der Waals surface area contributed by atoms with E-state index in [0.29, 0.717) is 6.04 Å². The molecule has 1 aliphatic rings. The van der Waals surface area contributed by atoms with E-state index in [0.717, 1.165) is 25.8 Å². The van der Waals surface area contributed by atoms with Crippen molar-refractivity contribution in [1.29, 1.82) is 0 Å². The zero-order chi connectivity index (χ0) is 14.1. The van der Waals surface area contributed by atoms with Crippen molar-refractivity contribution in [1.82, 2.24) is 4.90 Å². The van der Waals surface area contributed by atoms with Crippen molar-refractivity contribution in [3.63, 3.8) is 0 Å². The zero-order valence-electron chi connectivity index (χ0n) is 13.1. The molecule has 20 heavy (non-hydrogen) atoms. The van der Waals surface area contributed by atoms with Crippen molar-refractivity contribution in [2.24, 2.45) is 5.41 Å². The normalized spacial score (nSPS) is 29.8. The average Bonchev–Trinajstić information content (AvgIpc) is 2.41. The summed E-state index contributed by atoms with van der Waals surface area (Å²) in [5, 5.41) is 10.9. The van der Waals surface area contributed by atoms with Crippen molar-refractivity contribution in [2.45, 2.75) is 51.7 Å². The van der Waals surface area contributed by atoms with Gasteiger partial charge in [0.1, 0.15) is 0 Å². The first-order chi connectivity index (χ1) is 8.90. The van der Waals surface area contributed by atoms with Gasteiger partial charge >= 0.3 is 0 Å². The lowest BCUT2D eigenvalue weighted by atomic mass is 9.63. The topological polar surface area (TPSA) is 23.5 Å². The van der Waals surface area contributed by atoms with Gasteiger partial charge in [-0.2, -0.15) is 0 Å². The minimum absolute atomic E-state index is 0. The van der Waals surface area contributed by atoms with Gasteiger partial charge in [0.05, 0.1) is 5.60 Å². The molecule has 0 saturated carbocycles. The largest absolute Gasteiger partial charge is 0.389 e. The molecule has 2 atom stereocenters. The Balaban J connectivity index is 0.00000200. The second-order valence-electron chi connectivity index (χ2n) is 6.54. The second kappa shape index (κ2) is 6.46. The number of halogens is 1. The molecule has 1 heterocycles. The van der Waals surface area contributed by atoms with Crippen LogP contribution in [0.25, 0.3) is 0 Å². The number of nitrogens with zero attached hydrogens (tertiary/aromatic N) is 1. The third kappa shape index (κ3) is 3.03. The number of hydrogen-bond acceptors (Lipinski definition) is 2. The number of piperidine rings is 1. The third-order valence-electron chi connectivity index (χ3n) is 5.30. The summed E-state index contributed by atoms with van der Waals surface area (Å²) >= 11 is 0. The molecular formula is C17H28ClNO. The lowest BCUT2D eigenvalue weighted by molar-refractivity contribution is -0.145. The van der Waals surface area contributed by atoms with E-state index < -0.39 is 5.60 Å². The molecule has 114 valence electrons. The van der Waals surface area contributed by atoms with Gasteiger partial charge in [-0.15, -0.1) is 12.4 Å². The maximum Gasteiger partial charge on any atom is 0.0723 e. The Morgan fingerprint density at radius 2 is 1.85 bits per heavy atom. The predicted molar refractivity (Wildman–Crippen MR) is 87.5 cm³/mol. The van der Waals surface area contributed by atoms with Crippen LogP contribution in [0.15, 0.2) is 30.3 Å². The highest BCUT2D eigenvalue weighted by molar-refractivity contribution is 5.85. The van der Waals surface area contributed by atoms with Crippen molar-refractivity contribution in [3.05, 3.63) is 35.9 Å². The van der Waals surface area contributed by atoms with Crippen LogP contribution in [0.3, 0.4) is 0 Å². The number of aliphatic hydroxyl groups is 1. The Hall–Kier alpha value is -0.570. The summed E-state index contributed by atoms with van der Waals surface area (Å²) in [5.74, 6) is 0. The molecule has 1 aromatic carbocycles. The maximum atomic E-state index is 10.9. The molecule has 0 aromatic heterocycles. The summed E-state index contributed by atoms with van der Waals surface area (Å²) < 4.78 is 0. The number of hydrogen-bond donors (Lipinski definition) is 1. The smallest absolute Gasteiger partial charge is 0.0723 e. The van der Waals surface area contributed by atoms with Crippen molar-refractivity contribution in [2.75, 3.05) is 13.6 Å². The van der Waals surface area contributed by atoms with Gasteiger partial charge in [0.15, 0.2) is 0 Å². The molecule has 0 bridgehead atoms. The van der Waals surface area contributed by atoms with E-state index in [9.17, 15) is 5.11 Å². The summed E-state index contributed by atoms with van der Waals surface area (Å²) in [5.41, 5.74) is 0.719. The fourth-order valence-corrected chi connectivity index (χ4v) is 3.58. The van der Waals surface area contributed by atoms with Crippen LogP contribution in [0.2, 0.25) is 0 Å². The first-order valence-corrected chi connectivity index (χ1v) is 7.37. The first kappa shape index (κ1) is 17.5. The molecule has 1 aliphatic heterocycles. The molecule has 1 fully saturated rings. The summed E-state index contributed by atoms with van der Waals surface area (Å²) in [6.07, 6.45) is 2.71. The van der Waals surface area contributed by atoms with Gasteiger partial charge in [0, 0.05) is 18.0 Å². The number of likely N-dealkylation sites (N-methyl/N-ethyl adjacent to an activating group) is 1. The fourth-order valence-electron chi connectivity index (χ4n) is 3.58. The van der Waals surface area contributed by atoms with Gasteiger partial charge in [0.25, 0.3) is 0 Å². The van der Waals surface area contributed by atoms with Gasteiger partial charge < -0.3 is 10.0 Å². The molecule has 2 nitrogen and oxygen atoms in total. The molecule has 1 N–H and O–H groups in total. The minimum atomic E-state index is -0.543. The molecule has 0 aliphatic carbocycles. The Bertz CT molecular complexity index is 420. The maximum absolute atomic E-state index is 10.9. The molecule has 3 heteroatoms. The number of likely N-dealkylation sites (tertiary alicyclic amines) is 1. The molecule has 0 spiro atoms. The van der Waals surface area contributed by atoms with Crippen molar-refractivity contribution >= 4 is 12.4 Å². The van der Waals surface area contributed by atoms with Crippen molar-refractivity contribution < 1.29 is 5.11 Å². The second-order valence-corrected chi connectivity index (χ2v) is 6.54. The highest BCUT2D eigenvalue weighted by Crippen LogP contribution is 2.45. The Labute approximate surface area is 129 Å². The summed E-state index contributed by atoms with van der Waals surface area (Å²) in [6, 6.07) is 11.0. The predicted octanol–water partition coefficient (Wildman–Crippen LogP) is 3.52. The first-order valence-electron chi connectivity index (χ1n) is 7.37. The van der Waals surface area contributed by atoms with Crippen LogP contribution in [-0.4, -0.2) is 35.2 Å². The third-order valence-corrected chi connectivity index (χ3v) is 5.30.